The molecule has 0 radical (unpaired) electrons. The molecule has 2 fully saturated rings. The van der Waals surface area contributed by atoms with E-state index in [0.717, 1.165) is 19.0 Å². The monoisotopic (exact) mass is 294 g/mol. The molecule has 2 aliphatic heterocycles. The van der Waals surface area contributed by atoms with Gasteiger partial charge in [0.05, 0.1) is 10.7 Å². The number of piperazine rings is 1. The predicted molar refractivity (Wildman–Crippen MR) is 84.0 cm³/mol. The van der Waals surface area contributed by atoms with Crippen LogP contribution in [0.1, 0.15) is 36.9 Å². The number of nitrogens with two attached hydrogens (primary N) is 1. The summed E-state index contributed by atoms with van der Waals surface area (Å²) in [6.07, 6.45) is 5.08. The maximum atomic E-state index is 5.60. The van der Waals surface area contributed by atoms with Gasteiger partial charge in [-0.1, -0.05) is 6.42 Å². The topological polar surface area (TPSA) is 45.4 Å². The van der Waals surface area contributed by atoms with Gasteiger partial charge in [0.25, 0.3) is 0 Å². The number of hydrogen-bond donors (Lipinski definition) is 1. The molecule has 2 saturated heterocycles. The number of piperidine rings is 1. The first-order valence-electron chi connectivity index (χ1n) is 7.87. The Labute approximate surface area is 126 Å². The van der Waals surface area contributed by atoms with Crippen molar-refractivity contribution in [1.82, 2.24) is 14.8 Å². The van der Waals surface area contributed by atoms with Crippen LogP contribution in [0.2, 0.25) is 0 Å². The van der Waals surface area contributed by atoms with E-state index in [1.807, 2.05) is 0 Å². The van der Waals surface area contributed by atoms with E-state index in [2.05, 4.69) is 22.1 Å². The quantitative estimate of drug-likeness (QED) is 0.918. The van der Waals surface area contributed by atoms with Crippen molar-refractivity contribution >= 4 is 11.3 Å². The Morgan fingerprint density at radius 1 is 1.40 bits per heavy atom. The Balaban J connectivity index is 1.61. The van der Waals surface area contributed by atoms with Gasteiger partial charge in [0, 0.05) is 43.5 Å². The second-order valence-electron chi connectivity index (χ2n) is 6.19. The molecule has 1 aromatic heterocycles. The van der Waals surface area contributed by atoms with E-state index >= 15 is 0 Å². The van der Waals surface area contributed by atoms with Crippen molar-refractivity contribution in [2.45, 2.75) is 51.2 Å². The minimum atomic E-state index is 0.643. The fraction of sp³-hybridized carbons (Fsp3) is 0.800. The Morgan fingerprint density at radius 2 is 2.30 bits per heavy atom. The fourth-order valence-corrected chi connectivity index (χ4v) is 4.31. The molecule has 2 N–H and O–H groups in total. The van der Waals surface area contributed by atoms with E-state index in [4.69, 9.17) is 10.7 Å². The van der Waals surface area contributed by atoms with Crippen molar-refractivity contribution in [2.75, 3.05) is 26.2 Å². The van der Waals surface area contributed by atoms with E-state index in [9.17, 15) is 0 Å². The fourth-order valence-electron chi connectivity index (χ4n) is 3.50. The number of aromatic nitrogens is 1. The molecule has 0 amide bonds. The molecule has 1 aromatic rings. The molecular weight excluding hydrogens is 268 g/mol. The van der Waals surface area contributed by atoms with E-state index < -0.39 is 0 Å². The summed E-state index contributed by atoms with van der Waals surface area (Å²) < 4.78 is 0. The first-order chi connectivity index (χ1) is 9.76. The third-order valence-electron chi connectivity index (χ3n) is 4.64. The molecule has 0 spiro atoms. The van der Waals surface area contributed by atoms with E-state index in [0.29, 0.717) is 12.6 Å². The van der Waals surface area contributed by atoms with E-state index in [1.165, 1.54) is 49.6 Å². The molecule has 0 bridgehead atoms. The lowest BCUT2D eigenvalue weighted by Gasteiger charge is -2.47. The highest BCUT2D eigenvalue weighted by Gasteiger charge is 2.32. The predicted octanol–water partition coefficient (Wildman–Crippen LogP) is 1.70. The van der Waals surface area contributed by atoms with Crippen LogP contribution < -0.4 is 5.73 Å². The van der Waals surface area contributed by atoms with Crippen LogP contribution in [0.3, 0.4) is 0 Å². The Kier molecular flexibility index (Phi) is 4.71. The Bertz CT molecular complexity index is 433. The summed E-state index contributed by atoms with van der Waals surface area (Å²) in [6.45, 7) is 7.81. The first kappa shape index (κ1) is 14.4. The summed E-state index contributed by atoms with van der Waals surface area (Å²) in [4.78, 5) is 10.0. The summed E-state index contributed by atoms with van der Waals surface area (Å²) in [7, 11) is 0. The molecule has 5 heteroatoms. The molecule has 3 rings (SSSR count). The van der Waals surface area contributed by atoms with Crippen LogP contribution in [0.15, 0.2) is 5.38 Å². The van der Waals surface area contributed by atoms with Gasteiger partial charge in [-0.25, -0.2) is 4.98 Å². The molecule has 2 unspecified atom stereocenters. The number of fused-ring (bicyclic) bond motifs is 1. The van der Waals surface area contributed by atoms with Gasteiger partial charge in [-0.2, -0.15) is 0 Å². The van der Waals surface area contributed by atoms with Crippen molar-refractivity contribution in [3.63, 3.8) is 0 Å². The van der Waals surface area contributed by atoms with Gasteiger partial charge >= 0.3 is 0 Å². The van der Waals surface area contributed by atoms with E-state index in [1.54, 1.807) is 11.3 Å². The second-order valence-corrected chi connectivity index (χ2v) is 7.14. The zero-order valence-corrected chi connectivity index (χ0v) is 13.2. The van der Waals surface area contributed by atoms with Crippen LogP contribution in [0.25, 0.3) is 0 Å². The Hall–Kier alpha value is -0.490. The molecular formula is C15H26N4S. The van der Waals surface area contributed by atoms with Crippen molar-refractivity contribution in [3.8, 4) is 0 Å². The third-order valence-corrected chi connectivity index (χ3v) is 5.60. The number of rotatable bonds is 4. The molecule has 4 nitrogen and oxygen atoms in total. The van der Waals surface area contributed by atoms with Crippen molar-refractivity contribution in [1.29, 1.82) is 0 Å². The molecule has 2 atom stereocenters. The first-order valence-corrected chi connectivity index (χ1v) is 8.75. The average molecular weight is 294 g/mol. The lowest BCUT2D eigenvalue weighted by Crippen LogP contribution is -2.58. The lowest BCUT2D eigenvalue weighted by atomic mass is 9.97. The van der Waals surface area contributed by atoms with Crippen LogP contribution in [0.5, 0.6) is 0 Å². The van der Waals surface area contributed by atoms with Gasteiger partial charge in [-0.3, -0.25) is 9.80 Å². The highest BCUT2D eigenvalue weighted by atomic mass is 32.1. The molecule has 0 saturated carbocycles. The minimum absolute atomic E-state index is 0.643. The SMILES string of the molecule is CC1CN2CCCCC2CN1Cc1csc(CCN)n1. The highest BCUT2D eigenvalue weighted by Crippen LogP contribution is 2.25. The van der Waals surface area contributed by atoms with Gasteiger partial charge < -0.3 is 5.73 Å². The summed E-state index contributed by atoms with van der Waals surface area (Å²) >= 11 is 1.76. The zero-order chi connectivity index (χ0) is 13.9. The summed E-state index contributed by atoms with van der Waals surface area (Å²) in [5.41, 5.74) is 6.83. The summed E-state index contributed by atoms with van der Waals surface area (Å²) in [5.74, 6) is 0. The Morgan fingerprint density at radius 3 is 3.15 bits per heavy atom. The maximum Gasteiger partial charge on any atom is 0.0941 e. The second kappa shape index (κ2) is 6.52. The van der Waals surface area contributed by atoms with Crippen LogP contribution in [0, 0.1) is 0 Å². The minimum Gasteiger partial charge on any atom is -0.330 e. The molecule has 2 aliphatic rings. The smallest absolute Gasteiger partial charge is 0.0941 e. The van der Waals surface area contributed by atoms with Gasteiger partial charge in [-0.05, 0) is 32.9 Å². The van der Waals surface area contributed by atoms with Crippen LogP contribution in [-0.4, -0.2) is 53.0 Å². The maximum absolute atomic E-state index is 5.60. The summed E-state index contributed by atoms with van der Waals surface area (Å²) in [5, 5.41) is 3.40. The van der Waals surface area contributed by atoms with Gasteiger partial charge in [-0.15, -0.1) is 11.3 Å². The average Bonchev–Trinajstić information content (AvgIpc) is 2.87. The normalized spacial score (nSPS) is 28.5. The molecule has 0 aliphatic carbocycles. The number of nitrogens with zero attached hydrogens (tertiary/aromatic N) is 3. The number of thiazole rings is 1. The zero-order valence-electron chi connectivity index (χ0n) is 12.4. The summed E-state index contributed by atoms with van der Waals surface area (Å²) in [6, 6.07) is 1.42. The third kappa shape index (κ3) is 3.22. The van der Waals surface area contributed by atoms with Crippen LogP contribution in [-0.2, 0) is 13.0 Å². The molecule has 20 heavy (non-hydrogen) atoms. The van der Waals surface area contributed by atoms with Gasteiger partial charge in [0.1, 0.15) is 0 Å². The van der Waals surface area contributed by atoms with Gasteiger partial charge in [0.2, 0.25) is 0 Å². The largest absolute Gasteiger partial charge is 0.330 e. The number of hydrogen-bond acceptors (Lipinski definition) is 5. The van der Waals surface area contributed by atoms with Crippen molar-refractivity contribution in [3.05, 3.63) is 16.1 Å². The van der Waals surface area contributed by atoms with Gasteiger partial charge in [0.15, 0.2) is 0 Å². The van der Waals surface area contributed by atoms with Crippen molar-refractivity contribution in [2.24, 2.45) is 5.73 Å². The van der Waals surface area contributed by atoms with Crippen LogP contribution >= 0.6 is 11.3 Å². The molecule has 3 heterocycles. The van der Waals surface area contributed by atoms with Crippen molar-refractivity contribution < 1.29 is 0 Å². The molecule has 112 valence electrons. The lowest BCUT2D eigenvalue weighted by molar-refractivity contribution is 0.0106. The highest BCUT2D eigenvalue weighted by molar-refractivity contribution is 7.09. The molecule has 0 aromatic carbocycles. The standard InChI is InChI=1S/C15H26N4S/c1-12-8-18-7-3-2-4-14(18)10-19(12)9-13-11-20-15(17-13)5-6-16/h11-12,14H,2-10,16H2,1H3. The van der Waals surface area contributed by atoms with Crippen LogP contribution in [0.4, 0.5) is 0 Å². The van der Waals surface area contributed by atoms with E-state index in [-0.39, 0.29) is 0 Å².